The lowest BCUT2D eigenvalue weighted by atomic mass is 10.1. The van der Waals surface area contributed by atoms with Crippen molar-refractivity contribution in [3.05, 3.63) is 40.0 Å². The van der Waals surface area contributed by atoms with E-state index in [1.54, 1.807) is 18.2 Å². The Morgan fingerprint density at radius 2 is 2.00 bits per heavy atom. The molecule has 0 radical (unpaired) electrons. The van der Waals surface area contributed by atoms with Gasteiger partial charge in [0.05, 0.1) is 10.0 Å². The summed E-state index contributed by atoms with van der Waals surface area (Å²) in [5, 5.41) is 12.8. The number of piperidine rings is 1. The Balaban J connectivity index is 0.00000261. The summed E-state index contributed by atoms with van der Waals surface area (Å²) in [6.45, 7) is 3.79. The maximum Gasteiger partial charge on any atom is 0.326 e. The summed E-state index contributed by atoms with van der Waals surface area (Å²) < 4.78 is 0. The van der Waals surface area contributed by atoms with Crippen molar-refractivity contribution < 1.29 is 4.79 Å². The normalized spacial score (nSPS) is 16.2. The zero-order chi connectivity index (χ0) is 18.5. The van der Waals surface area contributed by atoms with Gasteiger partial charge in [-0.3, -0.25) is 5.32 Å². The fourth-order valence-corrected chi connectivity index (χ4v) is 3.02. The molecule has 1 saturated heterocycles. The highest BCUT2D eigenvalue weighted by molar-refractivity contribution is 6.42. The van der Waals surface area contributed by atoms with E-state index in [1.165, 1.54) is 0 Å². The summed E-state index contributed by atoms with van der Waals surface area (Å²) >= 11 is 11.8. The third kappa shape index (κ3) is 6.39. The molecule has 146 valence electrons. The molecule has 0 saturated carbocycles. The molecule has 1 aromatic carbocycles. The second kappa shape index (κ2) is 9.94. The maximum atomic E-state index is 12.2. The summed E-state index contributed by atoms with van der Waals surface area (Å²) in [6.07, 6.45) is 2.20. The Kier molecular flexibility index (Phi) is 7.91. The first-order valence-corrected chi connectivity index (χ1v) is 9.11. The molecule has 3 rings (SSSR count). The minimum absolute atomic E-state index is 0. The van der Waals surface area contributed by atoms with Gasteiger partial charge >= 0.3 is 6.03 Å². The van der Waals surface area contributed by atoms with Gasteiger partial charge in [-0.05, 0) is 44.5 Å². The first kappa shape index (κ1) is 21.5. The van der Waals surface area contributed by atoms with Crippen LogP contribution in [0.25, 0.3) is 0 Å². The van der Waals surface area contributed by atoms with E-state index in [0.717, 1.165) is 31.6 Å². The number of urea groups is 1. The van der Waals surface area contributed by atoms with Gasteiger partial charge < -0.3 is 16.0 Å². The number of hydrogen-bond acceptors (Lipinski definition) is 5. The maximum absolute atomic E-state index is 12.2. The number of aromatic nitrogens is 2. The number of carbonyl (C=O) groups is 1. The summed E-state index contributed by atoms with van der Waals surface area (Å²) in [5.41, 5.74) is 1.28. The molecule has 1 fully saturated rings. The fourth-order valence-electron chi connectivity index (χ4n) is 2.72. The molecule has 1 unspecified atom stereocenters. The van der Waals surface area contributed by atoms with Crippen LogP contribution < -0.4 is 21.3 Å². The van der Waals surface area contributed by atoms with E-state index >= 15 is 0 Å². The van der Waals surface area contributed by atoms with Crippen molar-refractivity contribution in [3.63, 3.8) is 0 Å². The zero-order valence-corrected chi connectivity index (χ0v) is 17.0. The minimum Gasteiger partial charge on any atom is -0.366 e. The molecule has 2 heterocycles. The van der Waals surface area contributed by atoms with Crippen LogP contribution in [0, 0.1) is 6.92 Å². The van der Waals surface area contributed by atoms with Gasteiger partial charge in [-0.15, -0.1) is 12.4 Å². The number of anilines is 3. The average molecular weight is 432 g/mol. The lowest BCUT2D eigenvalue weighted by Crippen LogP contribution is -2.38. The molecular formula is C17H21Cl3N6O. The first-order valence-electron chi connectivity index (χ1n) is 8.35. The number of rotatable bonds is 4. The molecule has 0 bridgehead atoms. The van der Waals surface area contributed by atoms with E-state index < -0.39 is 6.03 Å². The number of amides is 2. The second-order valence-electron chi connectivity index (χ2n) is 6.11. The molecule has 2 aromatic rings. The van der Waals surface area contributed by atoms with Crippen LogP contribution in [0.3, 0.4) is 0 Å². The lowest BCUT2D eigenvalue weighted by molar-refractivity contribution is 0.262. The van der Waals surface area contributed by atoms with E-state index in [2.05, 4.69) is 31.2 Å². The van der Waals surface area contributed by atoms with E-state index in [9.17, 15) is 4.79 Å². The lowest BCUT2D eigenvalue weighted by Gasteiger charge is -2.24. The predicted molar refractivity (Wildman–Crippen MR) is 113 cm³/mol. The molecule has 1 atom stereocenters. The van der Waals surface area contributed by atoms with Crippen LogP contribution in [0.5, 0.6) is 0 Å². The van der Waals surface area contributed by atoms with Gasteiger partial charge in [0.1, 0.15) is 5.82 Å². The van der Waals surface area contributed by atoms with Crippen molar-refractivity contribution in [1.82, 2.24) is 15.3 Å². The van der Waals surface area contributed by atoms with Crippen LogP contribution in [0.1, 0.15) is 18.5 Å². The number of nitrogens with one attached hydrogen (secondary N) is 4. The Bertz CT molecular complexity index is 798. The van der Waals surface area contributed by atoms with Crippen LogP contribution >= 0.6 is 35.6 Å². The quantitative estimate of drug-likeness (QED) is 0.579. The number of hydrogen-bond donors (Lipinski definition) is 4. The number of benzene rings is 1. The minimum atomic E-state index is -0.459. The van der Waals surface area contributed by atoms with Crippen LogP contribution in [0.15, 0.2) is 24.3 Å². The molecule has 7 nitrogen and oxygen atoms in total. The highest BCUT2D eigenvalue weighted by Crippen LogP contribution is 2.25. The van der Waals surface area contributed by atoms with E-state index in [0.29, 0.717) is 27.6 Å². The van der Waals surface area contributed by atoms with Crippen LogP contribution in [0.4, 0.5) is 22.2 Å². The van der Waals surface area contributed by atoms with Crippen LogP contribution in [-0.2, 0) is 0 Å². The Labute approximate surface area is 174 Å². The standard InChI is InChI=1S/C17H20Cl2N6O.ClH/c1-10-7-15(22-12-3-2-6-20-9-12)24-16(21-10)25-17(26)23-11-4-5-13(18)14(19)8-11;/h4-5,7-8,12,20H,2-3,6,9H2,1H3,(H3,21,22,23,24,25,26);1H. The topological polar surface area (TPSA) is 91.0 Å². The van der Waals surface area contributed by atoms with Crippen molar-refractivity contribution in [1.29, 1.82) is 0 Å². The van der Waals surface area contributed by atoms with Gasteiger partial charge in [-0.25, -0.2) is 9.78 Å². The van der Waals surface area contributed by atoms with Gasteiger partial charge in [-0.2, -0.15) is 4.98 Å². The number of carbonyl (C=O) groups excluding carboxylic acids is 1. The van der Waals surface area contributed by atoms with E-state index in [-0.39, 0.29) is 18.4 Å². The smallest absolute Gasteiger partial charge is 0.326 e. The van der Waals surface area contributed by atoms with Gasteiger partial charge in [0.25, 0.3) is 0 Å². The van der Waals surface area contributed by atoms with E-state index in [4.69, 9.17) is 23.2 Å². The molecule has 27 heavy (non-hydrogen) atoms. The van der Waals surface area contributed by atoms with Gasteiger partial charge in [0, 0.05) is 30.0 Å². The molecule has 1 aliphatic rings. The highest BCUT2D eigenvalue weighted by Gasteiger charge is 2.14. The molecule has 1 aliphatic heterocycles. The Morgan fingerprint density at radius 1 is 1.19 bits per heavy atom. The SMILES string of the molecule is Cc1cc(NC2CCCNC2)nc(NC(=O)Nc2ccc(Cl)c(Cl)c2)n1.Cl. The zero-order valence-electron chi connectivity index (χ0n) is 14.7. The summed E-state index contributed by atoms with van der Waals surface area (Å²) in [6, 6.07) is 6.56. The van der Waals surface area contributed by atoms with Crippen molar-refractivity contribution in [2.75, 3.05) is 29.0 Å². The largest absolute Gasteiger partial charge is 0.366 e. The third-order valence-electron chi connectivity index (χ3n) is 3.91. The van der Waals surface area contributed by atoms with Crippen molar-refractivity contribution in [2.24, 2.45) is 0 Å². The number of halogens is 3. The highest BCUT2D eigenvalue weighted by atomic mass is 35.5. The van der Waals surface area contributed by atoms with Gasteiger partial charge in [0.2, 0.25) is 5.95 Å². The second-order valence-corrected chi connectivity index (χ2v) is 6.93. The van der Waals surface area contributed by atoms with Crippen LogP contribution in [0.2, 0.25) is 10.0 Å². The number of nitrogens with zero attached hydrogens (tertiary/aromatic N) is 2. The average Bonchev–Trinajstić information content (AvgIpc) is 2.58. The molecule has 10 heteroatoms. The monoisotopic (exact) mass is 430 g/mol. The summed E-state index contributed by atoms with van der Waals surface area (Å²) in [7, 11) is 0. The molecule has 0 aliphatic carbocycles. The Morgan fingerprint density at radius 3 is 2.70 bits per heavy atom. The van der Waals surface area contributed by atoms with Crippen molar-refractivity contribution in [2.45, 2.75) is 25.8 Å². The summed E-state index contributed by atoms with van der Waals surface area (Å²) in [4.78, 5) is 20.8. The predicted octanol–water partition coefficient (Wildman–Crippen LogP) is 4.32. The molecule has 0 spiro atoms. The first-order chi connectivity index (χ1) is 12.5. The van der Waals surface area contributed by atoms with Gasteiger partial charge in [0.15, 0.2) is 0 Å². The number of aryl methyl sites for hydroxylation is 1. The van der Waals surface area contributed by atoms with Crippen molar-refractivity contribution in [3.8, 4) is 0 Å². The van der Waals surface area contributed by atoms with E-state index in [1.807, 2.05) is 13.0 Å². The summed E-state index contributed by atoms with van der Waals surface area (Å²) in [5.74, 6) is 0.921. The molecule has 2 amide bonds. The molecule has 1 aromatic heterocycles. The molecule has 4 N–H and O–H groups in total. The van der Waals surface area contributed by atoms with Gasteiger partial charge in [-0.1, -0.05) is 23.2 Å². The molecular weight excluding hydrogens is 411 g/mol. The van der Waals surface area contributed by atoms with Crippen LogP contribution in [-0.4, -0.2) is 35.1 Å². The third-order valence-corrected chi connectivity index (χ3v) is 4.64. The van der Waals surface area contributed by atoms with Crippen molar-refractivity contribution >= 4 is 59.1 Å². The fraction of sp³-hybridized carbons (Fsp3) is 0.353. The Hall–Kier alpha value is -1.80.